The smallest absolute Gasteiger partial charge is 0.462 e. The number of unbranched alkanes of at least 4 members (excludes halogenated alkanes) is 24. The molecule has 8 atom stereocenters. The first kappa shape index (κ1) is 65.0. The zero-order valence-corrected chi connectivity index (χ0v) is 47.3. The molecule has 1 aliphatic rings. The predicted octanol–water partition coefficient (Wildman–Crippen LogP) is 14.4. The second-order valence-corrected chi connectivity index (χ2v) is 22.3. The van der Waals surface area contributed by atoms with Gasteiger partial charge in [0.05, 0.1) is 26.4 Å². The van der Waals surface area contributed by atoms with Gasteiger partial charge in [-0.15, -0.1) is 0 Å². The number of carbonyl (C=O) groups excluding carboxylic acids is 2. The van der Waals surface area contributed by atoms with Gasteiger partial charge in [-0.2, -0.15) is 0 Å². The van der Waals surface area contributed by atoms with E-state index in [-0.39, 0.29) is 32.7 Å². The summed E-state index contributed by atoms with van der Waals surface area (Å²) >= 11 is 0. The number of phosphoric acid groups is 1. The third-order valence-electron chi connectivity index (χ3n) is 14.2. The van der Waals surface area contributed by atoms with Crippen LogP contribution in [0.5, 0.6) is 0 Å². The second-order valence-electron chi connectivity index (χ2n) is 20.9. The summed E-state index contributed by atoms with van der Waals surface area (Å²) in [6, 6.07) is 27.7. The Morgan fingerprint density at radius 1 is 0.447 bits per heavy atom. The highest BCUT2D eigenvalue weighted by Gasteiger charge is 2.55. The van der Waals surface area contributed by atoms with Gasteiger partial charge in [-0.3, -0.25) is 18.6 Å². The molecule has 3 N–H and O–H groups in total. The summed E-state index contributed by atoms with van der Waals surface area (Å²) < 4.78 is 55.8. The number of benzene rings is 3. The lowest BCUT2D eigenvalue weighted by Gasteiger charge is -2.46. The van der Waals surface area contributed by atoms with Gasteiger partial charge in [0, 0.05) is 12.8 Å². The maximum Gasteiger partial charge on any atom is 0.472 e. The Morgan fingerprint density at radius 2 is 0.776 bits per heavy atom. The fourth-order valence-electron chi connectivity index (χ4n) is 9.71. The molecule has 0 spiro atoms. The van der Waals surface area contributed by atoms with Crippen molar-refractivity contribution >= 4 is 19.8 Å². The number of rotatable bonds is 45. The van der Waals surface area contributed by atoms with Crippen LogP contribution in [0.1, 0.15) is 210 Å². The van der Waals surface area contributed by atoms with Gasteiger partial charge < -0.3 is 38.8 Å². The highest BCUT2D eigenvalue weighted by molar-refractivity contribution is 7.47. The third-order valence-corrected chi connectivity index (χ3v) is 15.2. The van der Waals surface area contributed by atoms with E-state index in [1.807, 2.05) is 91.0 Å². The van der Waals surface area contributed by atoms with Gasteiger partial charge in [-0.25, -0.2) is 4.57 Å². The summed E-state index contributed by atoms with van der Waals surface area (Å²) in [6.45, 7) is 3.39. The zero-order valence-electron chi connectivity index (χ0n) is 46.4. The maximum atomic E-state index is 14.2. The van der Waals surface area contributed by atoms with Gasteiger partial charge in [-0.05, 0) is 29.5 Å². The minimum absolute atomic E-state index is 0.0339. The minimum Gasteiger partial charge on any atom is -0.462 e. The van der Waals surface area contributed by atoms with Gasteiger partial charge in [0.1, 0.15) is 43.2 Å². The Kier molecular flexibility index (Phi) is 34.8. The third kappa shape index (κ3) is 28.4. The first-order chi connectivity index (χ1) is 37.1. The Hall–Kier alpha value is -3.49. The lowest BCUT2D eigenvalue weighted by molar-refractivity contribution is -0.258. The molecule has 3 unspecified atom stereocenters. The largest absolute Gasteiger partial charge is 0.472 e. The zero-order chi connectivity index (χ0) is 54.3. The van der Waals surface area contributed by atoms with Gasteiger partial charge in [0.15, 0.2) is 6.10 Å². The molecule has 0 saturated heterocycles. The molecule has 0 bridgehead atoms. The molecule has 0 aliphatic heterocycles. The molecule has 0 heterocycles. The van der Waals surface area contributed by atoms with Crippen molar-refractivity contribution in [3.8, 4) is 0 Å². The molecule has 4 rings (SSSR count). The van der Waals surface area contributed by atoms with Gasteiger partial charge in [0.25, 0.3) is 0 Å². The number of esters is 2. The van der Waals surface area contributed by atoms with E-state index in [1.165, 1.54) is 116 Å². The average molecular weight is 1080 g/mol. The van der Waals surface area contributed by atoms with Crippen molar-refractivity contribution in [3.05, 3.63) is 108 Å². The first-order valence-corrected chi connectivity index (χ1v) is 30.9. The molecule has 1 aliphatic carbocycles. The van der Waals surface area contributed by atoms with Crippen LogP contribution < -0.4 is 0 Å². The molecule has 1 fully saturated rings. The SMILES string of the molecule is CCCCCCCCCCCCCCCC(=O)OC[C@H](COP(=O)(O)OC1[C@H](OCc2ccccc2)[C@H](O)C(OCc2ccccc2)[C@H](O)[C@H]1OCc1ccccc1)OC(=O)CCCCCCCCCCCCCCC. The van der Waals surface area contributed by atoms with E-state index in [2.05, 4.69) is 13.8 Å². The van der Waals surface area contributed by atoms with Crippen molar-refractivity contribution in [2.24, 2.45) is 0 Å². The molecule has 0 aromatic heterocycles. The Bertz CT molecular complexity index is 1880. The number of phosphoric ester groups is 1. The normalized spacial score (nSPS) is 19.8. The number of ether oxygens (including phenoxy) is 5. The Morgan fingerprint density at radius 3 is 1.14 bits per heavy atom. The van der Waals surface area contributed by atoms with Crippen molar-refractivity contribution in [1.29, 1.82) is 0 Å². The molecule has 76 heavy (non-hydrogen) atoms. The van der Waals surface area contributed by atoms with Gasteiger partial charge in [-0.1, -0.05) is 259 Å². The highest BCUT2D eigenvalue weighted by Crippen LogP contribution is 2.48. The molecule has 1 saturated carbocycles. The fraction of sp³-hybridized carbons (Fsp3) is 0.677. The lowest BCUT2D eigenvalue weighted by Crippen LogP contribution is -2.66. The predicted molar refractivity (Wildman–Crippen MR) is 299 cm³/mol. The lowest BCUT2D eigenvalue weighted by atomic mass is 9.84. The average Bonchev–Trinajstić information content (AvgIpc) is 3.43. The summed E-state index contributed by atoms with van der Waals surface area (Å²) in [5.74, 6) is -1.00. The second kappa shape index (κ2) is 40.7. The van der Waals surface area contributed by atoms with Crippen LogP contribution in [0, 0.1) is 0 Å². The molecular weight excluding hydrogens is 984 g/mol. The van der Waals surface area contributed by atoms with E-state index in [0.717, 1.165) is 55.2 Å². The number of hydrogen-bond acceptors (Lipinski definition) is 12. The summed E-state index contributed by atoms with van der Waals surface area (Å²) in [7, 11) is -5.16. The van der Waals surface area contributed by atoms with Gasteiger partial charge in [0.2, 0.25) is 0 Å². The standard InChI is InChI=1S/C62H97O13P/c1-3-5-7-9-11-13-15-17-19-21-23-25-36-44-55(63)69-49-54(74-56(64)45-37-26-24-22-20-18-16-14-12-10-8-6-4-2)50-73-76(67,68)75-62-60(71-47-52-40-32-28-33-41-52)57(65)59(70-46-51-38-30-27-31-39-51)58(66)61(62)72-48-53-42-34-29-35-43-53/h27-35,38-43,54,57-62,65-66H,3-26,36-37,44-50H2,1-2H3,(H,67,68)/t54-,57-,58+,59?,60-,61-,62?/m1/s1. The molecule has 14 heteroatoms. The number of hydrogen-bond donors (Lipinski definition) is 3. The van der Waals surface area contributed by atoms with E-state index in [1.54, 1.807) is 0 Å². The van der Waals surface area contributed by atoms with E-state index < -0.39 is 75.7 Å². The maximum absolute atomic E-state index is 14.2. The Labute approximate surface area is 457 Å². The van der Waals surface area contributed by atoms with E-state index in [0.29, 0.717) is 12.8 Å². The molecule has 3 aromatic carbocycles. The fourth-order valence-corrected chi connectivity index (χ4v) is 10.7. The van der Waals surface area contributed by atoms with E-state index in [4.69, 9.17) is 32.7 Å². The van der Waals surface area contributed by atoms with Crippen LogP contribution in [-0.2, 0) is 66.7 Å². The highest BCUT2D eigenvalue weighted by atomic mass is 31.2. The van der Waals surface area contributed by atoms with Crippen molar-refractivity contribution in [2.75, 3.05) is 13.2 Å². The quantitative estimate of drug-likeness (QED) is 0.0277. The van der Waals surface area contributed by atoms with Crippen LogP contribution in [0.15, 0.2) is 91.0 Å². The van der Waals surface area contributed by atoms with Crippen molar-refractivity contribution in [1.82, 2.24) is 0 Å². The summed E-state index contributed by atoms with van der Waals surface area (Å²) in [5.41, 5.74) is 2.29. The molecule has 0 radical (unpaired) electrons. The summed E-state index contributed by atoms with van der Waals surface area (Å²) in [4.78, 5) is 37.8. The molecule has 13 nitrogen and oxygen atoms in total. The van der Waals surface area contributed by atoms with Crippen molar-refractivity contribution in [2.45, 2.75) is 256 Å². The Balaban J connectivity index is 1.39. The number of aliphatic hydroxyl groups is 2. The van der Waals surface area contributed by atoms with Crippen LogP contribution in [-0.4, -0.2) is 83.0 Å². The van der Waals surface area contributed by atoms with Crippen LogP contribution >= 0.6 is 7.82 Å². The van der Waals surface area contributed by atoms with Crippen LogP contribution in [0.3, 0.4) is 0 Å². The number of aliphatic hydroxyl groups excluding tert-OH is 2. The van der Waals surface area contributed by atoms with Crippen LogP contribution in [0.25, 0.3) is 0 Å². The van der Waals surface area contributed by atoms with Crippen molar-refractivity contribution < 1.29 is 62.0 Å². The minimum atomic E-state index is -5.16. The van der Waals surface area contributed by atoms with E-state index >= 15 is 0 Å². The summed E-state index contributed by atoms with van der Waals surface area (Å²) in [6.07, 6.45) is 20.7. The number of carbonyl (C=O) groups is 2. The molecule has 3 aromatic rings. The molecule has 0 amide bonds. The topological polar surface area (TPSA) is 177 Å². The van der Waals surface area contributed by atoms with Crippen molar-refractivity contribution in [3.63, 3.8) is 0 Å². The van der Waals surface area contributed by atoms with Crippen LogP contribution in [0.2, 0.25) is 0 Å². The molecule has 428 valence electrons. The van der Waals surface area contributed by atoms with E-state index in [9.17, 15) is 29.3 Å². The monoisotopic (exact) mass is 1080 g/mol. The van der Waals surface area contributed by atoms with Crippen LogP contribution in [0.4, 0.5) is 0 Å². The molecular formula is C62H97O13P. The first-order valence-electron chi connectivity index (χ1n) is 29.4. The summed E-state index contributed by atoms with van der Waals surface area (Å²) in [5, 5.41) is 23.9. The van der Waals surface area contributed by atoms with Gasteiger partial charge >= 0.3 is 19.8 Å².